The highest BCUT2D eigenvalue weighted by molar-refractivity contribution is 5.95. The molecule has 0 radical (unpaired) electrons. The summed E-state index contributed by atoms with van der Waals surface area (Å²) < 4.78 is 5.56. The van der Waals surface area contributed by atoms with Gasteiger partial charge in [-0.2, -0.15) is 0 Å². The summed E-state index contributed by atoms with van der Waals surface area (Å²) in [6.45, 7) is 2.59. The number of carbonyl (C=O) groups is 1. The zero-order valence-electron chi connectivity index (χ0n) is 11.7. The Balaban J connectivity index is 1.81. The molecule has 2 heterocycles. The highest BCUT2D eigenvalue weighted by Gasteiger charge is 2.43. The molecule has 106 valence electrons. The second kappa shape index (κ2) is 4.59. The summed E-state index contributed by atoms with van der Waals surface area (Å²) in [4.78, 5) is 18.3. The van der Waals surface area contributed by atoms with Crippen LogP contribution in [0.2, 0.25) is 0 Å². The molecule has 3 rings (SSSR count). The lowest BCUT2D eigenvalue weighted by Crippen LogP contribution is -2.33. The summed E-state index contributed by atoms with van der Waals surface area (Å²) in [7, 11) is 1.74. The minimum absolute atomic E-state index is 0.0920. The van der Waals surface area contributed by atoms with E-state index in [1.165, 1.54) is 0 Å². The molecule has 2 aromatic heterocycles. The van der Waals surface area contributed by atoms with Crippen molar-refractivity contribution in [1.82, 2.24) is 9.88 Å². The number of hydrogen-bond acceptors (Lipinski definition) is 4. The molecular formula is C15H18N2O3. The van der Waals surface area contributed by atoms with E-state index >= 15 is 0 Å². The van der Waals surface area contributed by atoms with E-state index in [2.05, 4.69) is 4.98 Å². The van der Waals surface area contributed by atoms with Crippen molar-refractivity contribution in [1.29, 1.82) is 0 Å². The number of aromatic nitrogens is 1. The largest absolute Gasteiger partial charge is 0.449 e. The van der Waals surface area contributed by atoms with Gasteiger partial charge in [-0.3, -0.25) is 4.79 Å². The second-order valence-electron chi connectivity index (χ2n) is 5.77. The van der Waals surface area contributed by atoms with E-state index in [0.29, 0.717) is 23.4 Å². The number of aliphatic hydroxyl groups is 1. The van der Waals surface area contributed by atoms with E-state index in [1.54, 1.807) is 18.0 Å². The lowest BCUT2D eigenvalue weighted by molar-refractivity contribution is 0.0705. The highest BCUT2D eigenvalue weighted by Crippen LogP contribution is 2.45. The number of aliphatic hydroxyl groups excluding tert-OH is 1. The van der Waals surface area contributed by atoms with E-state index in [1.807, 2.05) is 19.1 Å². The number of pyridine rings is 1. The molecule has 1 aliphatic rings. The number of furan rings is 1. The van der Waals surface area contributed by atoms with Crippen LogP contribution in [0.15, 0.2) is 22.6 Å². The Labute approximate surface area is 117 Å². The average molecular weight is 274 g/mol. The molecule has 2 aromatic rings. The van der Waals surface area contributed by atoms with Crippen LogP contribution in [0.1, 0.15) is 29.1 Å². The third kappa shape index (κ3) is 2.29. The topological polar surface area (TPSA) is 66.6 Å². The van der Waals surface area contributed by atoms with E-state index < -0.39 is 0 Å². The summed E-state index contributed by atoms with van der Waals surface area (Å²) in [5, 5.41) is 9.33. The van der Waals surface area contributed by atoms with Gasteiger partial charge in [-0.1, -0.05) is 0 Å². The molecule has 5 nitrogen and oxygen atoms in total. The maximum Gasteiger partial charge on any atom is 0.289 e. The van der Waals surface area contributed by atoms with Crippen molar-refractivity contribution < 1.29 is 14.3 Å². The molecule has 0 atom stereocenters. The molecule has 1 fully saturated rings. The summed E-state index contributed by atoms with van der Waals surface area (Å²) in [5.74, 6) is 0.134. The van der Waals surface area contributed by atoms with E-state index in [9.17, 15) is 9.90 Å². The van der Waals surface area contributed by atoms with E-state index in [-0.39, 0.29) is 17.9 Å². The van der Waals surface area contributed by atoms with Crippen molar-refractivity contribution in [2.45, 2.75) is 19.8 Å². The zero-order chi connectivity index (χ0) is 14.3. The number of carbonyl (C=O) groups excluding carboxylic acids is 1. The van der Waals surface area contributed by atoms with E-state index in [4.69, 9.17) is 4.42 Å². The van der Waals surface area contributed by atoms with Gasteiger partial charge in [0.15, 0.2) is 11.3 Å². The smallest absolute Gasteiger partial charge is 0.289 e. The molecule has 0 aliphatic heterocycles. The lowest BCUT2D eigenvalue weighted by Gasteiger charge is -2.21. The van der Waals surface area contributed by atoms with Crippen molar-refractivity contribution in [3.8, 4) is 0 Å². The summed E-state index contributed by atoms with van der Waals surface area (Å²) in [6.07, 6.45) is 1.95. The summed E-state index contributed by atoms with van der Waals surface area (Å²) in [5.41, 5.74) is 2.12. The molecule has 0 unspecified atom stereocenters. The van der Waals surface area contributed by atoms with Gasteiger partial charge in [0.1, 0.15) is 5.52 Å². The summed E-state index contributed by atoms with van der Waals surface area (Å²) >= 11 is 0. The standard InChI is InChI=1S/C15H18N2O3/c1-10-3-4-12-11(16-10)7-13(20-12)14(19)17(2)8-15(9-18)5-6-15/h3-4,7,18H,5-6,8-9H2,1-2H3. The van der Waals surface area contributed by atoms with Crippen LogP contribution >= 0.6 is 0 Å². The SMILES string of the molecule is Cc1ccc2oc(C(=O)N(C)CC3(CO)CC3)cc2n1. The first-order chi connectivity index (χ1) is 9.53. The number of amides is 1. The first-order valence-electron chi connectivity index (χ1n) is 6.77. The summed E-state index contributed by atoms with van der Waals surface area (Å²) in [6, 6.07) is 5.36. The molecule has 1 amide bonds. The molecule has 0 saturated heterocycles. The van der Waals surface area contributed by atoms with Gasteiger partial charge in [-0.15, -0.1) is 0 Å². The van der Waals surface area contributed by atoms with Crippen molar-refractivity contribution in [2.75, 3.05) is 20.2 Å². The molecule has 20 heavy (non-hydrogen) atoms. The van der Waals surface area contributed by atoms with Gasteiger partial charge < -0.3 is 14.4 Å². The van der Waals surface area contributed by atoms with Crippen LogP contribution in [-0.4, -0.2) is 41.1 Å². The Morgan fingerprint density at radius 1 is 1.50 bits per heavy atom. The molecule has 0 bridgehead atoms. The van der Waals surface area contributed by atoms with Crippen LogP contribution < -0.4 is 0 Å². The Hall–Kier alpha value is -1.88. The van der Waals surface area contributed by atoms with Crippen molar-refractivity contribution >= 4 is 17.0 Å². The van der Waals surface area contributed by atoms with Crippen LogP contribution in [0.3, 0.4) is 0 Å². The van der Waals surface area contributed by atoms with Gasteiger partial charge in [0.25, 0.3) is 5.91 Å². The van der Waals surface area contributed by atoms with Crippen molar-refractivity contribution in [3.63, 3.8) is 0 Å². The molecule has 0 aromatic carbocycles. The van der Waals surface area contributed by atoms with Crippen LogP contribution in [0.5, 0.6) is 0 Å². The van der Waals surface area contributed by atoms with Crippen LogP contribution in [0, 0.1) is 12.3 Å². The maximum absolute atomic E-state index is 12.3. The van der Waals surface area contributed by atoms with Crippen LogP contribution in [0.4, 0.5) is 0 Å². The fraction of sp³-hybridized carbons (Fsp3) is 0.467. The van der Waals surface area contributed by atoms with Crippen LogP contribution in [0.25, 0.3) is 11.1 Å². The molecule has 0 spiro atoms. The highest BCUT2D eigenvalue weighted by atomic mass is 16.3. The predicted octanol–water partition coefficient (Wildman–Crippen LogP) is 1.98. The minimum atomic E-state index is -0.166. The molecular weight excluding hydrogens is 256 g/mol. The number of hydrogen-bond donors (Lipinski definition) is 1. The molecule has 1 saturated carbocycles. The normalized spacial score (nSPS) is 16.4. The first-order valence-corrected chi connectivity index (χ1v) is 6.77. The predicted molar refractivity (Wildman–Crippen MR) is 74.5 cm³/mol. The maximum atomic E-state index is 12.3. The van der Waals surface area contributed by atoms with Gasteiger partial charge >= 0.3 is 0 Å². The fourth-order valence-electron chi connectivity index (χ4n) is 2.44. The number of rotatable bonds is 4. The molecule has 1 aliphatic carbocycles. The number of fused-ring (bicyclic) bond motifs is 1. The third-order valence-corrected chi connectivity index (χ3v) is 3.94. The number of aryl methyl sites for hydroxylation is 1. The van der Waals surface area contributed by atoms with Gasteiger partial charge in [0.2, 0.25) is 0 Å². The van der Waals surface area contributed by atoms with Crippen molar-refractivity contribution in [2.24, 2.45) is 5.41 Å². The quantitative estimate of drug-likeness (QED) is 0.925. The van der Waals surface area contributed by atoms with E-state index in [0.717, 1.165) is 18.5 Å². The van der Waals surface area contributed by atoms with Crippen LogP contribution in [-0.2, 0) is 0 Å². The molecule has 1 N–H and O–H groups in total. The number of nitrogens with zero attached hydrogens (tertiary/aromatic N) is 2. The second-order valence-corrected chi connectivity index (χ2v) is 5.77. The zero-order valence-corrected chi connectivity index (χ0v) is 11.7. The van der Waals surface area contributed by atoms with Crippen molar-refractivity contribution in [3.05, 3.63) is 29.7 Å². The lowest BCUT2D eigenvalue weighted by atomic mass is 10.1. The monoisotopic (exact) mass is 274 g/mol. The molecule has 5 heteroatoms. The minimum Gasteiger partial charge on any atom is -0.449 e. The van der Waals surface area contributed by atoms with Gasteiger partial charge in [0, 0.05) is 30.8 Å². The van der Waals surface area contributed by atoms with Gasteiger partial charge in [0.05, 0.1) is 6.61 Å². The Bertz CT molecular complexity index is 658. The van der Waals surface area contributed by atoms with Gasteiger partial charge in [-0.05, 0) is 31.9 Å². The fourth-order valence-corrected chi connectivity index (χ4v) is 2.44. The average Bonchev–Trinajstić information content (AvgIpc) is 3.08. The third-order valence-electron chi connectivity index (χ3n) is 3.94. The first kappa shape index (κ1) is 13.1. The Morgan fingerprint density at radius 2 is 2.25 bits per heavy atom. The Kier molecular flexibility index (Phi) is 3.01. The van der Waals surface area contributed by atoms with Gasteiger partial charge in [-0.25, -0.2) is 4.98 Å². The Morgan fingerprint density at radius 3 is 2.90 bits per heavy atom.